The van der Waals surface area contributed by atoms with Crippen molar-refractivity contribution >= 4 is 79.0 Å². The summed E-state index contributed by atoms with van der Waals surface area (Å²) < 4.78 is 16.7. The number of hydrogen-bond donors (Lipinski definition) is 0. The van der Waals surface area contributed by atoms with E-state index in [0.717, 1.165) is 0 Å². The second kappa shape index (κ2) is 9.96. The number of carbonyl (C=O) groups excluding carboxylic acids is 2. The Morgan fingerprint density at radius 1 is 1.17 bits per heavy atom. The van der Waals surface area contributed by atoms with Crippen molar-refractivity contribution in [3.63, 3.8) is 0 Å². The summed E-state index contributed by atoms with van der Waals surface area (Å²) in [5.41, 5.74) is 1.31. The van der Waals surface area contributed by atoms with Crippen LogP contribution in [0, 0.1) is 0 Å². The van der Waals surface area contributed by atoms with E-state index in [0.29, 0.717) is 35.9 Å². The molecule has 1 heterocycles. The van der Waals surface area contributed by atoms with Crippen molar-refractivity contribution in [3.05, 3.63) is 66.1 Å². The first-order valence-corrected chi connectivity index (χ1v) is 10.9. The highest BCUT2D eigenvalue weighted by molar-refractivity contribution is 9.11. The number of benzene rings is 2. The molecular weight excluding hydrogens is 565 g/mol. The third kappa shape index (κ3) is 5.43. The van der Waals surface area contributed by atoms with E-state index in [1.165, 1.54) is 0 Å². The van der Waals surface area contributed by atoms with E-state index in [4.69, 9.17) is 37.4 Å². The van der Waals surface area contributed by atoms with Crippen LogP contribution in [0.4, 0.5) is 0 Å². The number of esters is 2. The SMILES string of the molecule is CCOC(=O)COc1c(Br)cc(/C=C2\N=C(c3ccc(Cl)c(Cl)c3)OC2=O)cc1Br. The molecule has 10 heteroatoms. The molecule has 0 bridgehead atoms. The molecule has 0 saturated heterocycles. The predicted octanol–water partition coefficient (Wildman–Crippen LogP) is 5.80. The number of aliphatic imine (C=N–C) groups is 1. The van der Waals surface area contributed by atoms with Gasteiger partial charge in [0.15, 0.2) is 12.3 Å². The zero-order valence-corrected chi connectivity index (χ0v) is 20.1. The second-order valence-electron chi connectivity index (χ2n) is 5.87. The van der Waals surface area contributed by atoms with Crippen molar-refractivity contribution in [1.29, 1.82) is 0 Å². The Balaban J connectivity index is 1.83. The fraction of sp³-hybridized carbons (Fsp3) is 0.150. The van der Waals surface area contributed by atoms with E-state index in [1.807, 2.05) is 0 Å². The summed E-state index contributed by atoms with van der Waals surface area (Å²) in [6.07, 6.45) is 1.57. The Labute approximate surface area is 199 Å². The number of rotatable bonds is 6. The van der Waals surface area contributed by atoms with E-state index in [2.05, 4.69) is 36.9 Å². The summed E-state index contributed by atoms with van der Waals surface area (Å²) in [5.74, 6) is -0.497. The Bertz CT molecular complexity index is 1060. The van der Waals surface area contributed by atoms with Crippen LogP contribution in [0.2, 0.25) is 10.0 Å². The average Bonchev–Trinajstić information content (AvgIpc) is 3.04. The highest BCUT2D eigenvalue weighted by atomic mass is 79.9. The van der Waals surface area contributed by atoms with Gasteiger partial charge in [0.2, 0.25) is 5.90 Å². The molecule has 0 radical (unpaired) electrons. The van der Waals surface area contributed by atoms with Crippen LogP contribution in [-0.4, -0.2) is 31.1 Å². The highest BCUT2D eigenvalue weighted by Crippen LogP contribution is 2.36. The molecular formula is C20H13Br2Cl2NO5. The molecule has 156 valence electrons. The lowest BCUT2D eigenvalue weighted by Gasteiger charge is -2.10. The molecule has 0 spiro atoms. The maximum atomic E-state index is 12.2. The summed E-state index contributed by atoms with van der Waals surface area (Å²) in [6.45, 7) is 1.77. The Morgan fingerprint density at radius 3 is 2.50 bits per heavy atom. The quantitative estimate of drug-likeness (QED) is 0.320. The third-order valence-corrected chi connectivity index (χ3v) is 5.67. The van der Waals surface area contributed by atoms with E-state index in [9.17, 15) is 9.59 Å². The minimum absolute atomic E-state index is 0.120. The van der Waals surface area contributed by atoms with Gasteiger partial charge in [-0.2, -0.15) is 0 Å². The van der Waals surface area contributed by atoms with Crippen molar-refractivity contribution in [3.8, 4) is 5.75 Å². The minimum atomic E-state index is -0.592. The van der Waals surface area contributed by atoms with Gasteiger partial charge in [0.25, 0.3) is 0 Å². The number of nitrogens with zero attached hydrogens (tertiary/aromatic N) is 1. The van der Waals surface area contributed by atoms with Gasteiger partial charge in [-0.15, -0.1) is 0 Å². The van der Waals surface area contributed by atoms with Gasteiger partial charge in [-0.1, -0.05) is 23.2 Å². The minimum Gasteiger partial charge on any atom is -0.480 e. The zero-order valence-electron chi connectivity index (χ0n) is 15.4. The van der Waals surface area contributed by atoms with Gasteiger partial charge in [0.1, 0.15) is 5.75 Å². The van der Waals surface area contributed by atoms with Gasteiger partial charge in [-0.05, 0) is 80.8 Å². The molecule has 0 aromatic heterocycles. The number of halogens is 4. The smallest absolute Gasteiger partial charge is 0.363 e. The first kappa shape index (κ1) is 22.8. The third-order valence-electron chi connectivity index (χ3n) is 3.75. The van der Waals surface area contributed by atoms with E-state index < -0.39 is 11.9 Å². The molecule has 0 unspecified atom stereocenters. The van der Waals surface area contributed by atoms with Crippen LogP contribution < -0.4 is 4.74 Å². The van der Waals surface area contributed by atoms with Gasteiger partial charge in [0.05, 0.1) is 25.6 Å². The van der Waals surface area contributed by atoms with E-state index in [1.54, 1.807) is 43.3 Å². The van der Waals surface area contributed by atoms with Gasteiger partial charge in [-0.25, -0.2) is 14.6 Å². The van der Waals surface area contributed by atoms with E-state index >= 15 is 0 Å². The lowest BCUT2D eigenvalue weighted by molar-refractivity contribution is -0.145. The largest absolute Gasteiger partial charge is 0.480 e. The summed E-state index contributed by atoms with van der Waals surface area (Å²) >= 11 is 18.7. The van der Waals surface area contributed by atoms with E-state index in [-0.39, 0.29) is 24.8 Å². The fourth-order valence-corrected chi connectivity index (χ4v) is 4.20. The predicted molar refractivity (Wildman–Crippen MR) is 121 cm³/mol. The standard InChI is InChI=1S/C20H13Br2Cl2NO5/c1-2-28-17(26)9-29-18-12(21)5-10(6-13(18)22)7-16-20(27)30-19(25-16)11-3-4-14(23)15(24)8-11/h3-8H,2,9H2,1H3/b16-7-. The molecule has 2 aromatic carbocycles. The molecule has 0 amide bonds. The van der Waals surface area contributed by atoms with Crippen molar-refractivity contribution in [2.75, 3.05) is 13.2 Å². The van der Waals surface area contributed by atoms with Gasteiger partial charge in [0, 0.05) is 5.56 Å². The monoisotopic (exact) mass is 575 g/mol. The average molecular weight is 578 g/mol. The lowest BCUT2D eigenvalue weighted by Crippen LogP contribution is -2.15. The topological polar surface area (TPSA) is 74.2 Å². The second-order valence-corrected chi connectivity index (χ2v) is 8.40. The maximum Gasteiger partial charge on any atom is 0.363 e. The van der Waals surface area contributed by atoms with Gasteiger partial charge in [-0.3, -0.25) is 0 Å². The Kier molecular flexibility index (Phi) is 7.57. The van der Waals surface area contributed by atoms with Crippen LogP contribution in [0.15, 0.2) is 50.0 Å². The molecule has 1 aliphatic heterocycles. The van der Waals surface area contributed by atoms with Crippen LogP contribution in [-0.2, 0) is 19.1 Å². The molecule has 0 fully saturated rings. The molecule has 1 aliphatic rings. The molecule has 2 aromatic rings. The fourth-order valence-electron chi connectivity index (χ4n) is 2.45. The van der Waals surface area contributed by atoms with Crippen molar-refractivity contribution < 1.29 is 23.8 Å². The highest BCUT2D eigenvalue weighted by Gasteiger charge is 2.25. The first-order valence-electron chi connectivity index (χ1n) is 8.54. The molecule has 6 nitrogen and oxygen atoms in total. The lowest BCUT2D eigenvalue weighted by atomic mass is 10.2. The molecule has 0 atom stereocenters. The van der Waals surface area contributed by atoms with Crippen molar-refractivity contribution in [2.45, 2.75) is 6.92 Å². The van der Waals surface area contributed by atoms with Crippen LogP contribution in [0.3, 0.4) is 0 Å². The molecule has 0 saturated carbocycles. The Hall–Kier alpha value is -1.87. The normalized spacial score (nSPS) is 14.5. The molecule has 3 rings (SSSR count). The summed E-state index contributed by atoms with van der Waals surface area (Å²) in [7, 11) is 0. The number of ether oxygens (including phenoxy) is 3. The van der Waals surface area contributed by atoms with Crippen molar-refractivity contribution in [1.82, 2.24) is 0 Å². The molecule has 30 heavy (non-hydrogen) atoms. The van der Waals surface area contributed by atoms with Crippen LogP contribution in [0.25, 0.3) is 6.08 Å². The number of carbonyl (C=O) groups is 2. The van der Waals surface area contributed by atoms with Crippen LogP contribution in [0.5, 0.6) is 5.75 Å². The maximum absolute atomic E-state index is 12.2. The summed E-state index contributed by atoms with van der Waals surface area (Å²) in [6, 6.07) is 8.27. The molecule has 0 aliphatic carbocycles. The van der Waals surface area contributed by atoms with Crippen molar-refractivity contribution in [2.24, 2.45) is 4.99 Å². The number of cyclic esters (lactones) is 1. The van der Waals surface area contributed by atoms with Crippen LogP contribution in [0.1, 0.15) is 18.1 Å². The molecule has 0 N–H and O–H groups in total. The Morgan fingerprint density at radius 2 is 1.87 bits per heavy atom. The van der Waals surface area contributed by atoms with Gasteiger partial charge < -0.3 is 14.2 Å². The zero-order chi connectivity index (χ0) is 21.8. The van der Waals surface area contributed by atoms with Gasteiger partial charge >= 0.3 is 11.9 Å². The van der Waals surface area contributed by atoms with Crippen LogP contribution >= 0.6 is 55.1 Å². The first-order chi connectivity index (χ1) is 14.3. The summed E-state index contributed by atoms with van der Waals surface area (Å²) in [4.78, 5) is 28.0. The number of hydrogen-bond acceptors (Lipinski definition) is 6. The summed E-state index contributed by atoms with van der Waals surface area (Å²) in [5, 5.41) is 0.720.